The second kappa shape index (κ2) is 8.44. The van der Waals surface area contributed by atoms with E-state index in [-0.39, 0.29) is 11.3 Å². The van der Waals surface area contributed by atoms with Crippen LogP contribution in [0.5, 0.6) is 0 Å². The fourth-order valence-corrected chi connectivity index (χ4v) is 3.35. The standard InChI is InChI=1S/C19H32O/c1-5-6-7-8-9-10-11-14-17(20)18-16(2)13-12-15-19(18,3)4/h11-14,16,18H,5-10,15H2,1-4H3. The van der Waals surface area contributed by atoms with Crippen LogP contribution in [-0.4, -0.2) is 5.78 Å². The summed E-state index contributed by atoms with van der Waals surface area (Å²) >= 11 is 0. The van der Waals surface area contributed by atoms with Gasteiger partial charge in [0.2, 0.25) is 0 Å². The normalized spacial score (nSPS) is 25.2. The number of hydrogen-bond donors (Lipinski definition) is 0. The molecular weight excluding hydrogens is 244 g/mol. The molecule has 1 aliphatic carbocycles. The van der Waals surface area contributed by atoms with Crippen molar-refractivity contribution in [3.8, 4) is 0 Å². The maximum Gasteiger partial charge on any atom is 0.159 e. The molecule has 0 aromatic heterocycles. The van der Waals surface area contributed by atoms with Gasteiger partial charge in [-0.3, -0.25) is 4.79 Å². The topological polar surface area (TPSA) is 17.1 Å². The number of rotatable bonds is 8. The Labute approximate surface area is 125 Å². The van der Waals surface area contributed by atoms with Gasteiger partial charge in [-0.2, -0.15) is 0 Å². The second-order valence-electron chi connectivity index (χ2n) is 6.97. The van der Waals surface area contributed by atoms with E-state index in [1.807, 2.05) is 6.08 Å². The Morgan fingerprint density at radius 3 is 2.60 bits per heavy atom. The van der Waals surface area contributed by atoms with E-state index in [1.54, 1.807) is 0 Å². The molecule has 1 rings (SSSR count). The summed E-state index contributed by atoms with van der Waals surface area (Å²) in [6.07, 6.45) is 16.9. The molecular formula is C19H32O. The van der Waals surface area contributed by atoms with E-state index in [0.717, 1.165) is 12.8 Å². The maximum absolute atomic E-state index is 12.4. The van der Waals surface area contributed by atoms with Gasteiger partial charge in [-0.05, 0) is 36.7 Å². The Kier molecular flexibility index (Phi) is 7.26. The summed E-state index contributed by atoms with van der Waals surface area (Å²) in [7, 11) is 0. The van der Waals surface area contributed by atoms with Gasteiger partial charge in [0.15, 0.2) is 5.78 Å². The van der Waals surface area contributed by atoms with Gasteiger partial charge < -0.3 is 0 Å². The van der Waals surface area contributed by atoms with Crippen LogP contribution in [0.3, 0.4) is 0 Å². The first-order valence-electron chi connectivity index (χ1n) is 8.36. The first kappa shape index (κ1) is 17.2. The van der Waals surface area contributed by atoms with Crippen LogP contribution in [0.2, 0.25) is 0 Å². The van der Waals surface area contributed by atoms with Crippen molar-refractivity contribution < 1.29 is 4.79 Å². The molecule has 0 aromatic carbocycles. The van der Waals surface area contributed by atoms with Crippen molar-refractivity contribution in [3.05, 3.63) is 24.3 Å². The molecule has 1 nitrogen and oxygen atoms in total. The van der Waals surface area contributed by atoms with E-state index < -0.39 is 0 Å². The number of unbranched alkanes of at least 4 members (excludes halogenated alkanes) is 5. The predicted molar refractivity (Wildman–Crippen MR) is 87.7 cm³/mol. The molecule has 0 spiro atoms. The molecule has 0 fully saturated rings. The van der Waals surface area contributed by atoms with Crippen LogP contribution in [0.1, 0.15) is 72.6 Å². The van der Waals surface area contributed by atoms with Crippen molar-refractivity contribution in [2.24, 2.45) is 17.3 Å². The molecule has 0 saturated carbocycles. The van der Waals surface area contributed by atoms with E-state index in [0.29, 0.717) is 11.7 Å². The minimum absolute atomic E-state index is 0.0940. The fraction of sp³-hybridized carbons (Fsp3) is 0.737. The molecule has 0 saturated heterocycles. The molecule has 1 heteroatoms. The van der Waals surface area contributed by atoms with E-state index in [2.05, 4.69) is 45.9 Å². The molecule has 2 atom stereocenters. The third-order valence-corrected chi connectivity index (χ3v) is 4.51. The average Bonchev–Trinajstić information content (AvgIpc) is 2.36. The summed E-state index contributed by atoms with van der Waals surface area (Å²) in [6, 6.07) is 0. The zero-order valence-electron chi connectivity index (χ0n) is 13.8. The first-order chi connectivity index (χ1) is 9.49. The van der Waals surface area contributed by atoms with Crippen molar-refractivity contribution in [1.29, 1.82) is 0 Å². The zero-order valence-corrected chi connectivity index (χ0v) is 13.8. The molecule has 0 radical (unpaired) electrons. The molecule has 0 heterocycles. The SMILES string of the molecule is CCCCCCCC=CC(=O)C1C(C)C=CCC1(C)C. The maximum atomic E-state index is 12.4. The van der Waals surface area contributed by atoms with Crippen LogP contribution in [0.15, 0.2) is 24.3 Å². The highest BCUT2D eigenvalue weighted by Gasteiger charge is 2.38. The Bertz CT molecular complexity index is 349. The van der Waals surface area contributed by atoms with Crippen LogP contribution in [0.25, 0.3) is 0 Å². The minimum atomic E-state index is 0.0940. The number of carbonyl (C=O) groups excluding carboxylic acids is 1. The number of carbonyl (C=O) groups is 1. The van der Waals surface area contributed by atoms with Gasteiger partial charge >= 0.3 is 0 Å². The Balaban J connectivity index is 2.39. The van der Waals surface area contributed by atoms with Gasteiger partial charge in [0.05, 0.1) is 0 Å². The smallest absolute Gasteiger partial charge is 0.159 e. The molecule has 114 valence electrons. The van der Waals surface area contributed by atoms with Gasteiger partial charge in [0, 0.05) is 5.92 Å². The highest BCUT2D eigenvalue weighted by Crippen LogP contribution is 2.41. The molecule has 1 aliphatic rings. The van der Waals surface area contributed by atoms with Crippen molar-refractivity contribution in [1.82, 2.24) is 0 Å². The largest absolute Gasteiger partial charge is 0.295 e. The van der Waals surface area contributed by atoms with Gasteiger partial charge in [-0.25, -0.2) is 0 Å². The first-order valence-corrected chi connectivity index (χ1v) is 8.36. The van der Waals surface area contributed by atoms with Gasteiger partial charge in [0.1, 0.15) is 0 Å². The summed E-state index contributed by atoms with van der Waals surface area (Å²) in [5.74, 6) is 0.824. The third kappa shape index (κ3) is 5.26. The molecule has 0 amide bonds. The van der Waals surface area contributed by atoms with Crippen molar-refractivity contribution in [2.45, 2.75) is 72.6 Å². The zero-order chi connectivity index (χ0) is 15.0. The van der Waals surface area contributed by atoms with Crippen molar-refractivity contribution in [3.63, 3.8) is 0 Å². The number of ketones is 1. The number of hydrogen-bond acceptors (Lipinski definition) is 1. The second-order valence-corrected chi connectivity index (χ2v) is 6.97. The van der Waals surface area contributed by atoms with E-state index in [9.17, 15) is 4.79 Å². The highest BCUT2D eigenvalue weighted by molar-refractivity contribution is 5.92. The summed E-state index contributed by atoms with van der Waals surface area (Å²) < 4.78 is 0. The van der Waals surface area contributed by atoms with E-state index >= 15 is 0 Å². The lowest BCUT2D eigenvalue weighted by molar-refractivity contribution is -0.123. The van der Waals surface area contributed by atoms with E-state index in [1.165, 1.54) is 32.1 Å². The molecule has 0 aromatic rings. The fourth-order valence-electron chi connectivity index (χ4n) is 3.35. The van der Waals surface area contributed by atoms with Gasteiger partial charge in [-0.1, -0.05) is 71.6 Å². The number of allylic oxidation sites excluding steroid dienone is 4. The van der Waals surface area contributed by atoms with E-state index in [4.69, 9.17) is 0 Å². The lowest BCUT2D eigenvalue weighted by Gasteiger charge is -2.38. The molecule has 0 aliphatic heterocycles. The van der Waals surface area contributed by atoms with Crippen LogP contribution in [0.4, 0.5) is 0 Å². The minimum Gasteiger partial charge on any atom is -0.295 e. The lowest BCUT2D eigenvalue weighted by atomic mass is 9.65. The van der Waals surface area contributed by atoms with Crippen LogP contribution in [0, 0.1) is 17.3 Å². The van der Waals surface area contributed by atoms with Crippen LogP contribution < -0.4 is 0 Å². The summed E-state index contributed by atoms with van der Waals surface area (Å²) in [5.41, 5.74) is 0.0940. The lowest BCUT2D eigenvalue weighted by Crippen LogP contribution is -2.36. The Hall–Kier alpha value is -0.850. The monoisotopic (exact) mass is 276 g/mol. The third-order valence-electron chi connectivity index (χ3n) is 4.51. The Morgan fingerprint density at radius 1 is 1.25 bits per heavy atom. The van der Waals surface area contributed by atoms with Crippen LogP contribution >= 0.6 is 0 Å². The highest BCUT2D eigenvalue weighted by atomic mass is 16.1. The molecule has 2 unspecified atom stereocenters. The average molecular weight is 276 g/mol. The quantitative estimate of drug-likeness (QED) is 0.315. The molecule has 0 N–H and O–H groups in total. The summed E-state index contributed by atoms with van der Waals surface area (Å²) in [5, 5.41) is 0. The molecule has 0 bridgehead atoms. The summed E-state index contributed by atoms with van der Waals surface area (Å²) in [6.45, 7) is 8.83. The van der Waals surface area contributed by atoms with Crippen molar-refractivity contribution in [2.75, 3.05) is 0 Å². The van der Waals surface area contributed by atoms with Crippen molar-refractivity contribution >= 4 is 5.78 Å². The molecule has 20 heavy (non-hydrogen) atoms. The summed E-state index contributed by atoms with van der Waals surface area (Å²) in [4.78, 5) is 12.4. The van der Waals surface area contributed by atoms with Gasteiger partial charge in [-0.15, -0.1) is 0 Å². The Morgan fingerprint density at radius 2 is 1.95 bits per heavy atom. The predicted octanol–water partition coefficient (Wildman–Crippen LogP) is 5.71. The van der Waals surface area contributed by atoms with Gasteiger partial charge in [0.25, 0.3) is 0 Å². The van der Waals surface area contributed by atoms with Crippen LogP contribution in [-0.2, 0) is 4.79 Å².